The SMILES string of the molecule is Cc1cccc2cccc(-c3ncc4c(N5CCN[C@@H](CC#N)C5)nc(OC[C@@H]5CCCN5C)nc4c3Cl)c12. The minimum Gasteiger partial charge on any atom is -0.462 e. The third-order valence-corrected chi connectivity index (χ3v) is 8.34. The molecule has 0 aliphatic carbocycles. The Morgan fingerprint density at radius 1 is 1.18 bits per heavy atom. The Balaban J connectivity index is 1.47. The highest BCUT2D eigenvalue weighted by molar-refractivity contribution is 6.38. The van der Waals surface area contributed by atoms with Crippen LogP contribution in [0.4, 0.5) is 5.82 Å². The first-order valence-corrected chi connectivity index (χ1v) is 13.9. The number of likely N-dealkylation sites (N-methyl/N-ethyl adjacent to an activating group) is 1. The lowest BCUT2D eigenvalue weighted by molar-refractivity contribution is 0.188. The normalized spacial score (nSPS) is 20.0. The van der Waals surface area contributed by atoms with Crippen molar-refractivity contribution in [2.45, 2.75) is 38.3 Å². The monoisotopic (exact) mass is 541 g/mol. The van der Waals surface area contributed by atoms with Gasteiger partial charge in [0.05, 0.1) is 28.6 Å². The van der Waals surface area contributed by atoms with Crippen molar-refractivity contribution in [3.63, 3.8) is 0 Å². The lowest BCUT2D eigenvalue weighted by Crippen LogP contribution is -2.51. The van der Waals surface area contributed by atoms with Crippen molar-refractivity contribution in [1.82, 2.24) is 25.2 Å². The van der Waals surface area contributed by atoms with E-state index in [-0.39, 0.29) is 6.04 Å². The highest BCUT2D eigenvalue weighted by atomic mass is 35.5. The van der Waals surface area contributed by atoms with Crippen LogP contribution in [0.1, 0.15) is 24.8 Å². The fourth-order valence-electron chi connectivity index (χ4n) is 5.87. The topological polar surface area (TPSA) is 90.2 Å². The number of benzene rings is 2. The van der Waals surface area contributed by atoms with Gasteiger partial charge in [0, 0.05) is 43.5 Å². The molecule has 0 bridgehead atoms. The van der Waals surface area contributed by atoms with Gasteiger partial charge in [0.1, 0.15) is 17.9 Å². The molecule has 0 amide bonds. The van der Waals surface area contributed by atoms with Gasteiger partial charge in [-0.1, -0.05) is 48.0 Å². The summed E-state index contributed by atoms with van der Waals surface area (Å²) in [5.41, 5.74) is 3.46. The minimum absolute atomic E-state index is 0.0617. The molecule has 4 heterocycles. The second kappa shape index (κ2) is 10.9. The highest BCUT2D eigenvalue weighted by Gasteiger charge is 2.26. The Morgan fingerprint density at radius 2 is 2.03 bits per heavy atom. The van der Waals surface area contributed by atoms with Crippen molar-refractivity contribution >= 4 is 39.1 Å². The number of pyridine rings is 1. The Bertz CT molecular complexity index is 1560. The van der Waals surface area contributed by atoms with E-state index in [4.69, 9.17) is 31.3 Å². The molecule has 39 heavy (non-hydrogen) atoms. The summed E-state index contributed by atoms with van der Waals surface area (Å²) in [5.74, 6) is 0.745. The Hall–Kier alpha value is -3.51. The number of hydrogen-bond acceptors (Lipinski definition) is 8. The number of halogens is 1. The number of nitrogens with zero attached hydrogens (tertiary/aromatic N) is 6. The largest absolute Gasteiger partial charge is 0.462 e. The quantitative estimate of drug-likeness (QED) is 0.366. The number of aryl methyl sites for hydroxylation is 1. The number of piperazine rings is 1. The molecule has 2 fully saturated rings. The van der Waals surface area contributed by atoms with Crippen molar-refractivity contribution < 1.29 is 4.74 Å². The van der Waals surface area contributed by atoms with Crippen LogP contribution < -0.4 is 15.0 Å². The standard InChI is InChI=1S/C30H32ClN7O/c1-19-6-3-7-20-8-4-10-23(25(19)20)27-26(31)28-24(16-34-27)29(38-15-13-33-21(17-38)11-12-32)36-30(35-28)39-18-22-9-5-14-37(22)2/h3-4,6-8,10,16,21-22,33H,5,9,11,13-15,17-18H2,1-2H3/t21-,22-/m0/s1. The molecule has 8 nitrogen and oxygen atoms in total. The predicted molar refractivity (Wildman–Crippen MR) is 155 cm³/mol. The summed E-state index contributed by atoms with van der Waals surface area (Å²) in [7, 11) is 2.13. The molecule has 2 saturated heterocycles. The van der Waals surface area contributed by atoms with Crippen LogP contribution in [-0.2, 0) is 0 Å². The Kier molecular flexibility index (Phi) is 7.22. The number of nitriles is 1. The predicted octanol–water partition coefficient (Wildman–Crippen LogP) is 4.97. The first-order valence-electron chi connectivity index (χ1n) is 13.6. The molecule has 2 aliphatic rings. The van der Waals surface area contributed by atoms with Crippen LogP contribution in [0.25, 0.3) is 32.9 Å². The molecule has 0 saturated carbocycles. The van der Waals surface area contributed by atoms with Crippen molar-refractivity contribution in [3.8, 4) is 23.3 Å². The highest BCUT2D eigenvalue weighted by Crippen LogP contribution is 2.39. The molecule has 1 N–H and O–H groups in total. The van der Waals surface area contributed by atoms with Gasteiger partial charge in [-0.25, -0.2) is 0 Å². The molecule has 6 rings (SSSR count). The van der Waals surface area contributed by atoms with Gasteiger partial charge in [0.15, 0.2) is 0 Å². The lowest BCUT2D eigenvalue weighted by atomic mass is 9.97. The fourth-order valence-corrected chi connectivity index (χ4v) is 6.16. The van der Waals surface area contributed by atoms with Crippen molar-refractivity contribution in [1.29, 1.82) is 5.26 Å². The summed E-state index contributed by atoms with van der Waals surface area (Å²) >= 11 is 7.15. The zero-order valence-corrected chi connectivity index (χ0v) is 23.1. The van der Waals surface area contributed by atoms with Gasteiger partial charge in [-0.2, -0.15) is 15.2 Å². The molecular formula is C30H32ClN7O. The van der Waals surface area contributed by atoms with E-state index in [1.54, 1.807) is 0 Å². The second-order valence-corrected chi connectivity index (χ2v) is 10.9. The van der Waals surface area contributed by atoms with E-state index < -0.39 is 0 Å². The van der Waals surface area contributed by atoms with Gasteiger partial charge in [0.25, 0.3) is 0 Å². The van der Waals surface area contributed by atoms with Crippen LogP contribution in [0.15, 0.2) is 42.6 Å². The van der Waals surface area contributed by atoms with E-state index >= 15 is 0 Å². The van der Waals surface area contributed by atoms with E-state index in [2.05, 4.69) is 65.5 Å². The Labute approximate surface area is 233 Å². The number of rotatable bonds is 6. The molecule has 2 aromatic carbocycles. The molecule has 2 aromatic heterocycles. The molecule has 0 radical (unpaired) electrons. The second-order valence-electron chi connectivity index (χ2n) is 10.5. The maximum Gasteiger partial charge on any atom is 0.319 e. The van der Waals surface area contributed by atoms with E-state index in [1.807, 2.05) is 12.3 Å². The number of hydrogen-bond donors (Lipinski definition) is 1. The molecule has 200 valence electrons. The van der Waals surface area contributed by atoms with E-state index in [1.165, 1.54) is 12.0 Å². The van der Waals surface area contributed by atoms with Crippen LogP contribution in [0, 0.1) is 18.3 Å². The van der Waals surface area contributed by atoms with Crippen LogP contribution in [-0.4, -0.2) is 71.8 Å². The summed E-state index contributed by atoms with van der Waals surface area (Å²) in [5, 5.41) is 16.2. The number of aromatic nitrogens is 3. The molecule has 9 heteroatoms. The molecule has 2 aliphatic heterocycles. The van der Waals surface area contributed by atoms with Crippen LogP contribution in [0.2, 0.25) is 5.02 Å². The molecule has 0 unspecified atom stereocenters. The first kappa shape index (κ1) is 25.8. The van der Waals surface area contributed by atoms with Gasteiger partial charge >= 0.3 is 6.01 Å². The summed E-state index contributed by atoms with van der Waals surface area (Å²) in [6, 6.07) is 15.5. The number of fused-ring (bicyclic) bond motifs is 2. The smallest absolute Gasteiger partial charge is 0.319 e. The van der Waals surface area contributed by atoms with Gasteiger partial charge in [-0.15, -0.1) is 0 Å². The molecule has 4 aromatic rings. The number of anilines is 1. The summed E-state index contributed by atoms with van der Waals surface area (Å²) in [6.45, 7) is 5.87. The molecular weight excluding hydrogens is 510 g/mol. The fraction of sp³-hybridized carbons (Fsp3) is 0.400. The van der Waals surface area contributed by atoms with Crippen LogP contribution in [0.5, 0.6) is 6.01 Å². The number of ether oxygens (including phenoxy) is 1. The van der Waals surface area contributed by atoms with E-state index in [0.29, 0.717) is 47.9 Å². The summed E-state index contributed by atoms with van der Waals surface area (Å²) < 4.78 is 6.23. The average Bonchev–Trinajstić information content (AvgIpc) is 3.36. The van der Waals surface area contributed by atoms with E-state index in [9.17, 15) is 5.26 Å². The number of likely N-dealkylation sites (tertiary alicyclic amines) is 1. The first-order chi connectivity index (χ1) is 19.0. The van der Waals surface area contributed by atoms with Crippen molar-refractivity contribution in [3.05, 3.63) is 53.2 Å². The maximum absolute atomic E-state index is 9.27. The van der Waals surface area contributed by atoms with Crippen LogP contribution >= 0.6 is 11.6 Å². The zero-order valence-electron chi connectivity index (χ0n) is 22.3. The minimum atomic E-state index is 0.0617. The van der Waals surface area contributed by atoms with E-state index in [0.717, 1.165) is 53.6 Å². The molecule has 0 spiro atoms. The third-order valence-electron chi connectivity index (χ3n) is 7.98. The van der Waals surface area contributed by atoms with Crippen molar-refractivity contribution in [2.24, 2.45) is 0 Å². The van der Waals surface area contributed by atoms with Gasteiger partial charge in [-0.3, -0.25) is 4.98 Å². The Morgan fingerprint density at radius 3 is 2.82 bits per heavy atom. The van der Waals surface area contributed by atoms with Gasteiger partial charge < -0.3 is 19.9 Å². The average molecular weight is 542 g/mol. The van der Waals surface area contributed by atoms with Gasteiger partial charge in [-0.05, 0) is 49.7 Å². The zero-order chi connectivity index (χ0) is 26.9. The summed E-state index contributed by atoms with van der Waals surface area (Å²) in [6.07, 6.45) is 4.53. The van der Waals surface area contributed by atoms with Gasteiger partial charge in [0.2, 0.25) is 0 Å². The number of nitrogens with one attached hydrogen (secondary N) is 1. The van der Waals surface area contributed by atoms with Crippen LogP contribution in [0.3, 0.4) is 0 Å². The lowest BCUT2D eigenvalue weighted by Gasteiger charge is -2.34. The van der Waals surface area contributed by atoms with Crippen molar-refractivity contribution in [2.75, 3.05) is 44.7 Å². The maximum atomic E-state index is 9.27. The third kappa shape index (κ3) is 4.98. The summed E-state index contributed by atoms with van der Waals surface area (Å²) in [4.78, 5) is 19.1. The molecule has 2 atom stereocenters.